The van der Waals surface area contributed by atoms with Crippen molar-refractivity contribution < 1.29 is 0 Å². The molecule has 1 aliphatic heterocycles. The van der Waals surface area contributed by atoms with Crippen LogP contribution in [0.15, 0.2) is 24.3 Å². The van der Waals surface area contributed by atoms with E-state index in [-0.39, 0.29) is 0 Å². The molecule has 21 heavy (non-hydrogen) atoms. The van der Waals surface area contributed by atoms with Gasteiger partial charge in [0.15, 0.2) is 0 Å². The number of hydrogen-bond donors (Lipinski definition) is 1. The normalized spacial score (nSPS) is 33.5. The first-order chi connectivity index (χ1) is 10.1. The second kappa shape index (κ2) is 6.12. The lowest BCUT2D eigenvalue weighted by Gasteiger charge is -2.54. The topological polar surface area (TPSA) is 12.0 Å². The Bertz CT molecular complexity index is 472. The summed E-state index contributed by atoms with van der Waals surface area (Å²) in [5.74, 6) is 2.42. The maximum atomic E-state index is 3.68. The van der Waals surface area contributed by atoms with Gasteiger partial charge in [-0.05, 0) is 55.5 Å². The molecular formula is C20H31N. The highest BCUT2D eigenvalue weighted by Crippen LogP contribution is 2.56. The van der Waals surface area contributed by atoms with Gasteiger partial charge >= 0.3 is 0 Å². The molecule has 2 fully saturated rings. The minimum absolute atomic E-state index is 0.547. The van der Waals surface area contributed by atoms with Crippen molar-refractivity contribution >= 4 is 0 Å². The van der Waals surface area contributed by atoms with Gasteiger partial charge in [-0.25, -0.2) is 0 Å². The van der Waals surface area contributed by atoms with Gasteiger partial charge in [-0.1, -0.05) is 56.5 Å². The predicted octanol–water partition coefficient (Wildman–Crippen LogP) is 4.90. The van der Waals surface area contributed by atoms with Crippen molar-refractivity contribution in [1.82, 2.24) is 5.32 Å². The standard InChI is InChI=1S/C20H31N/c1-15(2)18-9-4-5-10-20(18)11-12-21-14-19(20)17-8-6-7-16(3)13-17/h6-8,13,15,18-19,21H,4-5,9-12,14H2,1-3H3. The third-order valence-electron chi connectivity index (χ3n) is 6.20. The first-order valence-corrected chi connectivity index (χ1v) is 8.91. The van der Waals surface area contributed by atoms with Gasteiger partial charge in [0.25, 0.3) is 0 Å². The molecule has 1 nitrogen and oxygen atoms in total. The Morgan fingerprint density at radius 3 is 2.81 bits per heavy atom. The van der Waals surface area contributed by atoms with E-state index < -0.39 is 0 Å². The highest BCUT2D eigenvalue weighted by Gasteiger charge is 2.48. The smallest absolute Gasteiger partial charge is 0.00256 e. The van der Waals surface area contributed by atoms with Crippen LogP contribution in [-0.4, -0.2) is 13.1 Å². The molecule has 1 spiro atoms. The van der Waals surface area contributed by atoms with Crippen molar-refractivity contribution in [2.24, 2.45) is 17.3 Å². The minimum atomic E-state index is 0.547. The largest absolute Gasteiger partial charge is 0.316 e. The molecule has 1 heteroatoms. The van der Waals surface area contributed by atoms with Crippen molar-refractivity contribution in [3.05, 3.63) is 35.4 Å². The van der Waals surface area contributed by atoms with Crippen LogP contribution in [0.3, 0.4) is 0 Å². The first kappa shape index (κ1) is 15.1. The Hall–Kier alpha value is -0.820. The van der Waals surface area contributed by atoms with E-state index in [2.05, 4.69) is 50.4 Å². The van der Waals surface area contributed by atoms with E-state index in [1.165, 1.54) is 50.8 Å². The Balaban J connectivity index is 1.99. The summed E-state index contributed by atoms with van der Waals surface area (Å²) in [6.07, 6.45) is 7.13. The van der Waals surface area contributed by atoms with Crippen LogP contribution in [-0.2, 0) is 0 Å². The van der Waals surface area contributed by atoms with Crippen LogP contribution in [0.4, 0.5) is 0 Å². The third-order valence-corrected chi connectivity index (χ3v) is 6.20. The highest BCUT2D eigenvalue weighted by molar-refractivity contribution is 5.29. The van der Waals surface area contributed by atoms with E-state index in [9.17, 15) is 0 Å². The summed E-state index contributed by atoms with van der Waals surface area (Å²) in [7, 11) is 0. The van der Waals surface area contributed by atoms with Crippen LogP contribution in [0, 0.1) is 24.2 Å². The molecule has 116 valence electrons. The SMILES string of the molecule is Cc1cccc(C2CNCCC23CCCCC3C(C)C)c1. The van der Waals surface area contributed by atoms with Gasteiger partial charge in [-0.2, -0.15) is 0 Å². The van der Waals surface area contributed by atoms with Crippen molar-refractivity contribution in [2.45, 2.75) is 58.8 Å². The molecular weight excluding hydrogens is 254 g/mol. The Kier molecular flexibility index (Phi) is 4.40. The molecule has 1 aromatic rings. The molecule has 1 heterocycles. The first-order valence-electron chi connectivity index (χ1n) is 8.91. The van der Waals surface area contributed by atoms with Crippen LogP contribution in [0.5, 0.6) is 0 Å². The van der Waals surface area contributed by atoms with Gasteiger partial charge in [0.1, 0.15) is 0 Å². The lowest BCUT2D eigenvalue weighted by Crippen LogP contribution is -2.50. The van der Waals surface area contributed by atoms with Gasteiger partial charge < -0.3 is 5.32 Å². The fourth-order valence-corrected chi connectivity index (χ4v) is 5.31. The minimum Gasteiger partial charge on any atom is -0.316 e. The molecule has 3 atom stereocenters. The van der Waals surface area contributed by atoms with Crippen molar-refractivity contribution in [3.63, 3.8) is 0 Å². The van der Waals surface area contributed by atoms with Gasteiger partial charge in [-0.15, -0.1) is 0 Å². The number of benzene rings is 1. The van der Waals surface area contributed by atoms with Crippen molar-refractivity contribution in [2.75, 3.05) is 13.1 Å². The second-order valence-corrected chi connectivity index (χ2v) is 7.75. The molecule has 1 saturated heterocycles. The molecule has 0 amide bonds. The number of rotatable bonds is 2. The number of hydrogen-bond acceptors (Lipinski definition) is 1. The lowest BCUT2D eigenvalue weighted by atomic mass is 9.53. The predicted molar refractivity (Wildman–Crippen MR) is 90.6 cm³/mol. The van der Waals surface area contributed by atoms with E-state index in [1.54, 1.807) is 5.56 Å². The van der Waals surface area contributed by atoms with E-state index in [0.29, 0.717) is 11.3 Å². The van der Waals surface area contributed by atoms with E-state index >= 15 is 0 Å². The fourth-order valence-electron chi connectivity index (χ4n) is 5.31. The van der Waals surface area contributed by atoms with E-state index in [0.717, 1.165) is 11.8 Å². The van der Waals surface area contributed by atoms with Crippen LogP contribution in [0.1, 0.15) is 63.0 Å². The van der Waals surface area contributed by atoms with Gasteiger partial charge in [0.05, 0.1) is 0 Å². The number of nitrogens with one attached hydrogen (secondary N) is 1. The van der Waals surface area contributed by atoms with Gasteiger partial charge in [0, 0.05) is 12.5 Å². The molecule has 1 saturated carbocycles. The monoisotopic (exact) mass is 285 g/mol. The fraction of sp³-hybridized carbons (Fsp3) is 0.700. The molecule has 0 bridgehead atoms. The summed E-state index contributed by atoms with van der Waals surface area (Å²) >= 11 is 0. The average Bonchev–Trinajstić information content (AvgIpc) is 2.48. The highest BCUT2D eigenvalue weighted by atomic mass is 14.9. The Morgan fingerprint density at radius 1 is 1.19 bits per heavy atom. The Labute approximate surface area is 130 Å². The summed E-state index contributed by atoms with van der Waals surface area (Å²) in [6, 6.07) is 9.29. The summed E-state index contributed by atoms with van der Waals surface area (Å²) in [4.78, 5) is 0. The van der Waals surface area contributed by atoms with Crippen molar-refractivity contribution in [3.8, 4) is 0 Å². The zero-order valence-electron chi connectivity index (χ0n) is 14.0. The quantitative estimate of drug-likeness (QED) is 0.814. The van der Waals surface area contributed by atoms with Crippen LogP contribution in [0.2, 0.25) is 0 Å². The number of piperidine rings is 1. The Morgan fingerprint density at radius 2 is 2.05 bits per heavy atom. The van der Waals surface area contributed by atoms with E-state index in [1.807, 2.05) is 0 Å². The molecule has 2 aliphatic rings. The zero-order valence-corrected chi connectivity index (χ0v) is 14.0. The lowest BCUT2D eigenvalue weighted by molar-refractivity contribution is 0.00525. The maximum Gasteiger partial charge on any atom is 0.00256 e. The summed E-state index contributed by atoms with van der Waals surface area (Å²) in [5.41, 5.74) is 3.53. The van der Waals surface area contributed by atoms with Crippen LogP contribution >= 0.6 is 0 Å². The molecule has 1 aliphatic carbocycles. The molecule has 3 rings (SSSR count). The molecule has 0 aromatic heterocycles. The average molecular weight is 285 g/mol. The summed E-state index contributed by atoms with van der Waals surface area (Å²) in [5, 5.41) is 3.68. The number of aryl methyl sites for hydroxylation is 1. The maximum absolute atomic E-state index is 3.68. The van der Waals surface area contributed by atoms with Gasteiger partial charge in [0.2, 0.25) is 0 Å². The molecule has 1 N–H and O–H groups in total. The second-order valence-electron chi connectivity index (χ2n) is 7.75. The summed E-state index contributed by atoms with van der Waals surface area (Å²) in [6.45, 7) is 9.52. The zero-order chi connectivity index (χ0) is 14.9. The molecule has 0 radical (unpaired) electrons. The van der Waals surface area contributed by atoms with Crippen LogP contribution < -0.4 is 5.32 Å². The molecule has 1 aromatic carbocycles. The van der Waals surface area contributed by atoms with Crippen LogP contribution in [0.25, 0.3) is 0 Å². The van der Waals surface area contributed by atoms with Gasteiger partial charge in [-0.3, -0.25) is 0 Å². The molecule has 3 unspecified atom stereocenters. The third kappa shape index (κ3) is 2.77. The van der Waals surface area contributed by atoms with Crippen molar-refractivity contribution in [1.29, 1.82) is 0 Å². The summed E-state index contributed by atoms with van der Waals surface area (Å²) < 4.78 is 0. The van der Waals surface area contributed by atoms with E-state index in [4.69, 9.17) is 0 Å².